The minimum absolute atomic E-state index is 0.231. The second kappa shape index (κ2) is 4.24. The standard InChI is InChI=1S/C12H14ClNO2/c13-9-1-2-12-8(3-9)4-11(16-12)5-14-10-6-15-7-10/h1-3,10-11,14H,4-7H2. The Hall–Kier alpha value is -0.770. The zero-order valence-electron chi connectivity index (χ0n) is 8.91. The Balaban J connectivity index is 1.57. The molecular formula is C12H14ClNO2. The second-order valence-electron chi connectivity index (χ2n) is 4.34. The molecule has 16 heavy (non-hydrogen) atoms. The monoisotopic (exact) mass is 239 g/mol. The fourth-order valence-electron chi connectivity index (χ4n) is 2.05. The zero-order valence-corrected chi connectivity index (χ0v) is 9.67. The molecule has 2 aliphatic heterocycles. The van der Waals surface area contributed by atoms with Crippen LogP contribution in [0.5, 0.6) is 5.75 Å². The topological polar surface area (TPSA) is 30.5 Å². The highest BCUT2D eigenvalue weighted by Gasteiger charge is 2.25. The van der Waals surface area contributed by atoms with Crippen molar-refractivity contribution in [2.45, 2.75) is 18.6 Å². The predicted octanol–water partition coefficient (Wildman–Crippen LogP) is 1.63. The quantitative estimate of drug-likeness (QED) is 0.870. The van der Waals surface area contributed by atoms with Crippen LogP contribution in [0.2, 0.25) is 5.02 Å². The van der Waals surface area contributed by atoms with Gasteiger partial charge in [-0.15, -0.1) is 0 Å². The van der Waals surface area contributed by atoms with E-state index in [4.69, 9.17) is 21.1 Å². The molecule has 0 radical (unpaired) electrons. The average molecular weight is 240 g/mol. The molecule has 0 saturated carbocycles. The lowest BCUT2D eigenvalue weighted by Crippen LogP contribution is -2.49. The van der Waals surface area contributed by atoms with Crippen molar-refractivity contribution in [3.05, 3.63) is 28.8 Å². The third kappa shape index (κ3) is 2.03. The van der Waals surface area contributed by atoms with Crippen LogP contribution in [0.15, 0.2) is 18.2 Å². The summed E-state index contributed by atoms with van der Waals surface area (Å²) >= 11 is 5.94. The van der Waals surface area contributed by atoms with E-state index < -0.39 is 0 Å². The summed E-state index contributed by atoms with van der Waals surface area (Å²) in [6.07, 6.45) is 1.17. The van der Waals surface area contributed by atoms with E-state index in [1.165, 1.54) is 5.56 Å². The molecular weight excluding hydrogens is 226 g/mol. The van der Waals surface area contributed by atoms with Crippen molar-refractivity contribution in [1.29, 1.82) is 0 Å². The first-order valence-electron chi connectivity index (χ1n) is 5.57. The number of rotatable bonds is 3. The maximum Gasteiger partial charge on any atom is 0.123 e. The molecule has 1 unspecified atom stereocenters. The van der Waals surface area contributed by atoms with E-state index in [-0.39, 0.29) is 6.10 Å². The first-order valence-corrected chi connectivity index (χ1v) is 5.95. The molecule has 86 valence electrons. The summed E-state index contributed by atoms with van der Waals surface area (Å²) in [5.74, 6) is 0.973. The second-order valence-corrected chi connectivity index (χ2v) is 4.78. The Bertz CT molecular complexity index is 393. The van der Waals surface area contributed by atoms with Gasteiger partial charge in [0.15, 0.2) is 0 Å². The smallest absolute Gasteiger partial charge is 0.123 e. The molecule has 1 N–H and O–H groups in total. The Morgan fingerprint density at radius 3 is 3.00 bits per heavy atom. The van der Waals surface area contributed by atoms with Crippen molar-refractivity contribution in [1.82, 2.24) is 5.32 Å². The average Bonchev–Trinajstić information content (AvgIpc) is 2.57. The fourth-order valence-corrected chi connectivity index (χ4v) is 2.25. The van der Waals surface area contributed by atoms with Gasteiger partial charge in [-0.1, -0.05) is 11.6 Å². The number of benzene rings is 1. The minimum atomic E-state index is 0.231. The lowest BCUT2D eigenvalue weighted by Gasteiger charge is -2.28. The molecule has 2 aliphatic rings. The van der Waals surface area contributed by atoms with Crippen LogP contribution in [-0.4, -0.2) is 31.9 Å². The predicted molar refractivity (Wildman–Crippen MR) is 62.2 cm³/mol. The van der Waals surface area contributed by atoms with Gasteiger partial charge in [0.1, 0.15) is 11.9 Å². The highest BCUT2D eigenvalue weighted by atomic mass is 35.5. The van der Waals surface area contributed by atoms with Gasteiger partial charge >= 0.3 is 0 Å². The molecule has 0 amide bonds. The van der Waals surface area contributed by atoms with Gasteiger partial charge in [0, 0.05) is 18.0 Å². The zero-order chi connectivity index (χ0) is 11.0. The third-order valence-electron chi connectivity index (χ3n) is 3.04. The number of fused-ring (bicyclic) bond motifs is 1. The highest BCUT2D eigenvalue weighted by molar-refractivity contribution is 6.30. The number of halogens is 1. The van der Waals surface area contributed by atoms with Crippen LogP contribution in [0.3, 0.4) is 0 Å². The van der Waals surface area contributed by atoms with Crippen molar-refractivity contribution < 1.29 is 9.47 Å². The van der Waals surface area contributed by atoms with E-state index in [1.54, 1.807) is 0 Å². The largest absolute Gasteiger partial charge is 0.488 e. The Kier molecular flexibility index (Phi) is 2.75. The summed E-state index contributed by atoms with van der Waals surface area (Å²) in [6.45, 7) is 2.53. The van der Waals surface area contributed by atoms with Crippen molar-refractivity contribution in [2.24, 2.45) is 0 Å². The van der Waals surface area contributed by atoms with Gasteiger partial charge in [-0.25, -0.2) is 0 Å². The summed E-state index contributed by atoms with van der Waals surface area (Å²) < 4.78 is 10.9. The van der Waals surface area contributed by atoms with E-state index in [0.29, 0.717) is 6.04 Å². The Labute approximate surface area is 99.7 Å². The third-order valence-corrected chi connectivity index (χ3v) is 3.27. The van der Waals surface area contributed by atoms with Crippen LogP contribution in [0, 0.1) is 0 Å². The maximum atomic E-state index is 5.94. The number of hydrogen-bond donors (Lipinski definition) is 1. The van der Waals surface area contributed by atoms with Gasteiger partial charge in [-0.2, -0.15) is 0 Å². The van der Waals surface area contributed by atoms with Gasteiger partial charge < -0.3 is 14.8 Å². The Morgan fingerprint density at radius 1 is 1.38 bits per heavy atom. The normalized spacial score (nSPS) is 23.7. The molecule has 0 aliphatic carbocycles. The molecule has 0 bridgehead atoms. The fraction of sp³-hybridized carbons (Fsp3) is 0.500. The molecule has 1 atom stereocenters. The molecule has 0 aromatic heterocycles. The van der Waals surface area contributed by atoms with Crippen molar-refractivity contribution in [3.8, 4) is 5.75 Å². The summed E-state index contributed by atoms with van der Waals surface area (Å²) in [6, 6.07) is 6.32. The molecule has 3 nitrogen and oxygen atoms in total. The van der Waals surface area contributed by atoms with E-state index in [9.17, 15) is 0 Å². The number of ether oxygens (including phenoxy) is 2. The molecule has 1 saturated heterocycles. The van der Waals surface area contributed by atoms with Gasteiger partial charge in [0.05, 0.1) is 19.3 Å². The summed E-state index contributed by atoms with van der Waals surface area (Å²) in [4.78, 5) is 0. The van der Waals surface area contributed by atoms with Gasteiger partial charge in [-0.05, 0) is 23.8 Å². The van der Waals surface area contributed by atoms with Crippen LogP contribution in [0.25, 0.3) is 0 Å². The Morgan fingerprint density at radius 2 is 2.25 bits per heavy atom. The maximum absolute atomic E-state index is 5.94. The highest BCUT2D eigenvalue weighted by Crippen LogP contribution is 2.30. The first kappa shape index (κ1) is 10.4. The van der Waals surface area contributed by atoms with E-state index in [1.807, 2.05) is 18.2 Å². The molecule has 4 heteroatoms. The van der Waals surface area contributed by atoms with Gasteiger partial charge in [0.2, 0.25) is 0 Å². The van der Waals surface area contributed by atoms with E-state index in [2.05, 4.69) is 5.32 Å². The van der Waals surface area contributed by atoms with Crippen molar-refractivity contribution >= 4 is 11.6 Å². The number of nitrogens with one attached hydrogen (secondary N) is 1. The van der Waals surface area contributed by atoms with Crippen LogP contribution in [0.4, 0.5) is 0 Å². The molecule has 1 fully saturated rings. The van der Waals surface area contributed by atoms with Crippen molar-refractivity contribution in [2.75, 3.05) is 19.8 Å². The first-order chi connectivity index (χ1) is 7.81. The van der Waals surface area contributed by atoms with Crippen LogP contribution >= 0.6 is 11.6 Å². The molecule has 1 aromatic carbocycles. The molecule has 1 aromatic rings. The number of hydrogen-bond acceptors (Lipinski definition) is 3. The molecule has 2 heterocycles. The minimum Gasteiger partial charge on any atom is -0.488 e. The molecule has 0 spiro atoms. The summed E-state index contributed by atoms with van der Waals surface area (Å²) in [7, 11) is 0. The van der Waals surface area contributed by atoms with E-state index in [0.717, 1.165) is 37.0 Å². The van der Waals surface area contributed by atoms with Gasteiger partial charge in [0.25, 0.3) is 0 Å². The summed E-state index contributed by atoms with van der Waals surface area (Å²) in [5.41, 5.74) is 1.21. The van der Waals surface area contributed by atoms with Gasteiger partial charge in [-0.3, -0.25) is 0 Å². The van der Waals surface area contributed by atoms with Crippen LogP contribution in [0.1, 0.15) is 5.56 Å². The lowest BCUT2D eigenvalue weighted by atomic mass is 10.1. The van der Waals surface area contributed by atoms with Crippen LogP contribution in [-0.2, 0) is 11.2 Å². The van der Waals surface area contributed by atoms with E-state index >= 15 is 0 Å². The van der Waals surface area contributed by atoms with Crippen molar-refractivity contribution in [3.63, 3.8) is 0 Å². The summed E-state index contributed by atoms with van der Waals surface area (Å²) in [5, 5.41) is 4.21. The lowest BCUT2D eigenvalue weighted by molar-refractivity contribution is -0.00810. The van der Waals surface area contributed by atoms with Crippen LogP contribution < -0.4 is 10.1 Å². The molecule has 3 rings (SSSR count). The SMILES string of the molecule is Clc1ccc2c(c1)CC(CNC1COC1)O2.